The minimum Gasteiger partial charge on any atom is -0.464 e. The average molecular weight is 602 g/mol. The molecular formula is C23H22ClN2O7S4+. The molecule has 1 aliphatic heterocycles. The first kappa shape index (κ1) is 26.5. The summed E-state index contributed by atoms with van der Waals surface area (Å²) in [7, 11) is -8.21. The quantitative estimate of drug-likeness (QED) is 0.200. The molecule has 0 saturated heterocycles. The van der Waals surface area contributed by atoms with Crippen LogP contribution in [0.5, 0.6) is 0 Å². The van der Waals surface area contributed by atoms with Gasteiger partial charge in [0.25, 0.3) is 25.2 Å². The molecule has 1 aliphatic rings. The van der Waals surface area contributed by atoms with Gasteiger partial charge in [-0.05, 0) is 42.8 Å². The maximum atomic E-state index is 11.4. The second kappa shape index (κ2) is 10.2. The number of thiazole rings is 1. The molecular weight excluding hydrogens is 580 g/mol. The van der Waals surface area contributed by atoms with Gasteiger partial charge in [-0.2, -0.15) is 21.4 Å². The monoisotopic (exact) mass is 601 g/mol. The summed E-state index contributed by atoms with van der Waals surface area (Å²) < 4.78 is 72.4. The molecule has 14 heteroatoms. The van der Waals surface area contributed by atoms with Crippen LogP contribution < -0.4 is 9.47 Å². The van der Waals surface area contributed by atoms with Gasteiger partial charge in [-0.15, -0.1) is 0 Å². The van der Waals surface area contributed by atoms with Gasteiger partial charge >= 0.3 is 0 Å². The number of hydrogen-bond donors (Lipinski definition) is 2. The van der Waals surface area contributed by atoms with Crippen LogP contribution in [0.4, 0.5) is 5.69 Å². The van der Waals surface area contributed by atoms with Crippen LogP contribution in [0.25, 0.3) is 27.3 Å². The third-order valence-electron chi connectivity index (χ3n) is 5.83. The predicted molar refractivity (Wildman–Crippen MR) is 146 cm³/mol. The van der Waals surface area contributed by atoms with Gasteiger partial charge in [0.15, 0.2) is 6.54 Å². The maximum absolute atomic E-state index is 11.4. The molecule has 0 amide bonds. The molecule has 0 aliphatic carbocycles. The molecule has 0 fully saturated rings. The van der Waals surface area contributed by atoms with E-state index in [4.69, 9.17) is 16.0 Å². The smallest absolute Gasteiger partial charge is 0.265 e. The standard InChI is InChI=1S/C23H21ClN2O7S4/c24-15-3-5-19-17(13-15)25(8-1-11-36(27,28)29)21(34-19)14-22-26(9-2-12-37(30,31)32)23-16-7-10-33-18(16)4-6-20(23)35-22/h3-7,10,13-14H,1-2,8-9,11-12H2,(H-,27,28,29,30,31,32)/p+1. The fraction of sp³-hybridized carbons (Fsp3) is 0.261. The molecule has 5 rings (SSSR count). The van der Waals surface area contributed by atoms with E-state index < -0.39 is 20.2 Å². The summed E-state index contributed by atoms with van der Waals surface area (Å²) >= 11 is 9.29. The molecule has 2 aromatic carbocycles. The van der Waals surface area contributed by atoms with E-state index in [-0.39, 0.29) is 24.3 Å². The van der Waals surface area contributed by atoms with E-state index in [1.54, 1.807) is 12.3 Å². The number of nitrogens with zero attached hydrogens (tertiary/aromatic N) is 2. The molecule has 2 N–H and O–H groups in total. The van der Waals surface area contributed by atoms with Crippen molar-refractivity contribution in [2.24, 2.45) is 0 Å². The predicted octanol–water partition coefficient (Wildman–Crippen LogP) is 5.05. The zero-order valence-corrected chi connectivity index (χ0v) is 23.2. The molecule has 0 atom stereocenters. The number of furan rings is 1. The van der Waals surface area contributed by atoms with Crippen LogP contribution in [0, 0.1) is 0 Å². The minimum absolute atomic E-state index is 0.207. The summed E-state index contributed by atoms with van der Waals surface area (Å²) in [6.07, 6.45) is 4.00. The average Bonchev–Trinajstić information content (AvgIpc) is 3.48. The highest BCUT2D eigenvalue weighted by molar-refractivity contribution is 8.04. The van der Waals surface area contributed by atoms with Gasteiger partial charge in [-0.1, -0.05) is 34.7 Å². The molecule has 0 unspecified atom stereocenters. The lowest BCUT2D eigenvalue weighted by molar-refractivity contribution is -0.667. The maximum Gasteiger partial charge on any atom is 0.265 e. The number of rotatable bonds is 9. The molecule has 37 heavy (non-hydrogen) atoms. The van der Waals surface area contributed by atoms with Crippen LogP contribution in [0.2, 0.25) is 5.02 Å². The van der Waals surface area contributed by atoms with Crippen molar-refractivity contribution in [1.29, 1.82) is 0 Å². The topological polar surface area (TPSA) is 129 Å². The van der Waals surface area contributed by atoms with Gasteiger partial charge in [0.05, 0.1) is 39.9 Å². The zero-order chi connectivity index (χ0) is 26.4. The van der Waals surface area contributed by atoms with Gasteiger partial charge in [-0.25, -0.2) is 0 Å². The van der Waals surface area contributed by atoms with Crippen LogP contribution in [-0.4, -0.2) is 44.0 Å². The van der Waals surface area contributed by atoms with E-state index >= 15 is 0 Å². The lowest BCUT2D eigenvalue weighted by Gasteiger charge is -2.20. The Morgan fingerprint density at radius 2 is 1.78 bits per heavy atom. The van der Waals surface area contributed by atoms with Crippen molar-refractivity contribution in [1.82, 2.24) is 0 Å². The van der Waals surface area contributed by atoms with Crippen LogP contribution in [-0.2, 0) is 26.8 Å². The number of anilines is 1. The van der Waals surface area contributed by atoms with Gasteiger partial charge in [0.2, 0.25) is 5.52 Å². The molecule has 3 heterocycles. The Labute approximate surface area is 226 Å². The zero-order valence-electron chi connectivity index (χ0n) is 19.2. The number of aromatic nitrogens is 1. The highest BCUT2D eigenvalue weighted by Gasteiger charge is 2.29. The first-order chi connectivity index (χ1) is 17.5. The summed E-state index contributed by atoms with van der Waals surface area (Å²) in [6, 6.07) is 11.2. The first-order valence-corrected chi connectivity index (χ1v) is 16.4. The molecule has 0 radical (unpaired) electrons. The lowest BCUT2D eigenvalue weighted by atomic mass is 10.2. The second-order valence-corrected chi connectivity index (χ2v) is 14.2. The van der Waals surface area contributed by atoms with E-state index in [0.717, 1.165) is 36.2 Å². The number of halogens is 1. The number of thioether (sulfide) groups is 1. The summed E-state index contributed by atoms with van der Waals surface area (Å²) in [6.45, 7) is 0.682. The molecule has 0 bridgehead atoms. The normalized spacial score (nSPS) is 15.3. The van der Waals surface area contributed by atoms with Crippen molar-refractivity contribution in [3.05, 3.63) is 57.7 Å². The number of benzene rings is 2. The van der Waals surface area contributed by atoms with Crippen LogP contribution in [0.15, 0.2) is 57.0 Å². The molecule has 4 aromatic rings. The van der Waals surface area contributed by atoms with Crippen LogP contribution in [0.1, 0.15) is 17.8 Å². The highest BCUT2D eigenvalue weighted by Crippen LogP contribution is 2.48. The Morgan fingerprint density at radius 3 is 2.54 bits per heavy atom. The number of hydrogen-bond acceptors (Lipinski definition) is 8. The molecule has 0 saturated carbocycles. The molecule has 196 valence electrons. The van der Waals surface area contributed by atoms with Crippen molar-refractivity contribution in [2.75, 3.05) is 23.0 Å². The number of fused-ring (bicyclic) bond motifs is 4. The van der Waals surface area contributed by atoms with E-state index in [1.165, 1.54) is 23.1 Å². The first-order valence-electron chi connectivity index (χ1n) is 11.2. The highest BCUT2D eigenvalue weighted by atomic mass is 35.5. The Morgan fingerprint density at radius 1 is 1.03 bits per heavy atom. The second-order valence-electron chi connectivity index (χ2n) is 8.46. The molecule has 2 aromatic heterocycles. The fourth-order valence-electron chi connectivity index (χ4n) is 4.30. The van der Waals surface area contributed by atoms with Crippen molar-refractivity contribution in [3.8, 4) is 0 Å². The van der Waals surface area contributed by atoms with Crippen molar-refractivity contribution >= 4 is 87.9 Å². The van der Waals surface area contributed by atoms with Gasteiger partial charge in [0, 0.05) is 22.9 Å². The Hall–Kier alpha value is -2.13. The van der Waals surface area contributed by atoms with Crippen molar-refractivity contribution in [2.45, 2.75) is 24.3 Å². The van der Waals surface area contributed by atoms with Crippen molar-refractivity contribution in [3.63, 3.8) is 0 Å². The summed E-state index contributed by atoms with van der Waals surface area (Å²) in [5.41, 5.74) is 2.45. The SMILES string of the molecule is O=S(=O)(O)CCCN1C(=Cc2sc3ccc4occc4c3[n+]2CCCS(=O)(=O)O)Sc2ccc(Cl)cc21. The summed E-state index contributed by atoms with van der Waals surface area (Å²) in [4.78, 5) is 2.93. The van der Waals surface area contributed by atoms with Crippen molar-refractivity contribution < 1.29 is 34.9 Å². The number of aryl methyl sites for hydroxylation is 1. The van der Waals surface area contributed by atoms with Gasteiger partial charge in [0.1, 0.15) is 10.3 Å². The minimum atomic E-state index is -4.11. The Kier molecular flexibility index (Phi) is 7.31. The van der Waals surface area contributed by atoms with Gasteiger partial charge in [-0.3, -0.25) is 9.11 Å². The largest absolute Gasteiger partial charge is 0.464 e. The van der Waals surface area contributed by atoms with E-state index in [9.17, 15) is 25.9 Å². The summed E-state index contributed by atoms with van der Waals surface area (Å²) in [5.74, 6) is -0.733. The lowest BCUT2D eigenvalue weighted by Crippen LogP contribution is -2.36. The van der Waals surface area contributed by atoms with Crippen LogP contribution >= 0.6 is 34.7 Å². The Bertz CT molecular complexity index is 1740. The van der Waals surface area contributed by atoms with E-state index in [0.29, 0.717) is 23.7 Å². The van der Waals surface area contributed by atoms with E-state index in [1.807, 2.05) is 45.9 Å². The molecule has 0 spiro atoms. The Balaban J connectivity index is 1.58. The van der Waals surface area contributed by atoms with E-state index in [2.05, 4.69) is 0 Å². The third kappa shape index (κ3) is 5.98. The third-order valence-corrected chi connectivity index (χ3v) is 9.88. The summed E-state index contributed by atoms with van der Waals surface area (Å²) in [5, 5.41) is 3.13. The van der Waals surface area contributed by atoms with Gasteiger partial charge < -0.3 is 9.32 Å². The van der Waals surface area contributed by atoms with Crippen LogP contribution in [0.3, 0.4) is 0 Å². The fourth-order valence-corrected chi connectivity index (χ4v) is 7.78. The molecule has 9 nitrogen and oxygen atoms in total.